The van der Waals surface area contributed by atoms with E-state index in [2.05, 4.69) is 0 Å². The number of rotatable bonds is 0. The van der Waals surface area contributed by atoms with Crippen molar-refractivity contribution in [3.8, 4) is 0 Å². The summed E-state index contributed by atoms with van der Waals surface area (Å²) in [6.07, 6.45) is 0. The van der Waals surface area contributed by atoms with E-state index in [1.165, 1.54) is 0 Å². The summed E-state index contributed by atoms with van der Waals surface area (Å²) in [5, 5.41) is 0. The molecular formula is C10H10Cl4W-2. The van der Waals surface area contributed by atoms with Gasteiger partial charge in [-0.25, -0.2) is 24.3 Å². The van der Waals surface area contributed by atoms with Crippen LogP contribution in [0.4, 0.5) is 0 Å². The van der Waals surface area contributed by atoms with Crippen molar-refractivity contribution in [1.29, 1.82) is 0 Å². The average molecular weight is 456 g/mol. The summed E-state index contributed by atoms with van der Waals surface area (Å²) in [6.45, 7) is 0. The maximum Gasteiger partial charge on any atom is -0.172 e. The van der Waals surface area contributed by atoms with Crippen LogP contribution in [0.5, 0.6) is 0 Å². The Morgan fingerprint density at radius 2 is 0.800 bits per heavy atom. The van der Waals surface area contributed by atoms with E-state index in [9.17, 15) is 0 Å². The van der Waals surface area contributed by atoms with Crippen LogP contribution in [0.25, 0.3) is 0 Å². The Bertz CT molecular complexity index is 217. The van der Waals surface area contributed by atoms with Crippen LogP contribution in [0.3, 0.4) is 0 Å². The molecule has 0 atom stereocenters. The number of hydrogen-bond donors (Lipinski definition) is 0. The van der Waals surface area contributed by atoms with E-state index < -0.39 is 11.9 Å². The molecule has 2 rings (SSSR count). The van der Waals surface area contributed by atoms with Crippen LogP contribution in [0.1, 0.15) is 0 Å². The molecule has 0 saturated carbocycles. The van der Waals surface area contributed by atoms with Crippen LogP contribution >= 0.6 is 37.7 Å². The first-order valence-electron chi connectivity index (χ1n) is 3.95. The molecule has 0 aliphatic rings. The maximum atomic E-state index is 5.03. The SMILES string of the molecule is [Cl][W]([Cl])([Cl])[Cl].c1cc[cH-]c1.c1cc[cH-]c1. The van der Waals surface area contributed by atoms with Gasteiger partial charge in [-0.2, -0.15) is 36.4 Å². The molecule has 0 N–H and O–H groups in total. The smallest absolute Gasteiger partial charge is 0.172 e. The van der Waals surface area contributed by atoms with E-state index in [-0.39, 0.29) is 0 Å². The summed E-state index contributed by atoms with van der Waals surface area (Å²) in [5.41, 5.74) is 0. The minimum absolute atomic E-state index is 2.00. The van der Waals surface area contributed by atoms with Crippen LogP contribution in [-0.4, -0.2) is 0 Å². The minimum atomic E-state index is -3.28. The standard InChI is InChI=1S/2C5H5.4ClH.W/c2*1-2-4-5-3-1;;;;;/h2*1-5H;4*1H;/q2*-1;;;;;+4/p-4. The molecule has 2 aromatic rings. The third-order valence-corrected chi connectivity index (χ3v) is 1.11. The molecule has 0 fully saturated rings. The molecule has 0 heterocycles. The van der Waals surface area contributed by atoms with Gasteiger partial charge in [0.15, 0.2) is 0 Å². The van der Waals surface area contributed by atoms with Gasteiger partial charge in [-0.3, -0.25) is 0 Å². The Morgan fingerprint density at radius 1 is 0.600 bits per heavy atom. The Hall–Kier alpha value is 0.548. The van der Waals surface area contributed by atoms with Crippen molar-refractivity contribution in [2.24, 2.45) is 0 Å². The second-order valence-electron chi connectivity index (χ2n) is 2.27. The van der Waals surface area contributed by atoms with Crippen molar-refractivity contribution in [3.63, 3.8) is 0 Å². The Balaban J connectivity index is 0.000000196. The number of halogens is 4. The van der Waals surface area contributed by atoms with Crippen molar-refractivity contribution < 1.29 is 11.9 Å². The fraction of sp³-hybridized carbons (Fsp3) is 0. The van der Waals surface area contributed by atoms with Gasteiger partial charge in [0.2, 0.25) is 0 Å². The fourth-order valence-electron chi connectivity index (χ4n) is 0.642. The molecule has 0 radical (unpaired) electrons. The largest absolute Gasteiger partial charge is 0.214 e. The molecule has 86 valence electrons. The van der Waals surface area contributed by atoms with Gasteiger partial charge in [0.25, 0.3) is 0 Å². The quantitative estimate of drug-likeness (QED) is 0.456. The van der Waals surface area contributed by atoms with Crippen molar-refractivity contribution in [2.45, 2.75) is 0 Å². The second kappa shape index (κ2) is 9.75. The maximum absolute atomic E-state index is 5.03. The van der Waals surface area contributed by atoms with Crippen LogP contribution in [0.15, 0.2) is 60.7 Å². The summed E-state index contributed by atoms with van der Waals surface area (Å²) in [7, 11) is 20.1. The van der Waals surface area contributed by atoms with Crippen molar-refractivity contribution >= 4 is 37.7 Å². The molecule has 5 heteroatoms. The molecule has 0 spiro atoms. The van der Waals surface area contributed by atoms with E-state index >= 15 is 0 Å². The van der Waals surface area contributed by atoms with Gasteiger partial charge < -0.3 is 0 Å². The third kappa shape index (κ3) is 20.6. The van der Waals surface area contributed by atoms with Crippen LogP contribution < -0.4 is 0 Å². The van der Waals surface area contributed by atoms with Gasteiger partial charge in [-0.05, 0) is 0 Å². The summed E-state index contributed by atoms with van der Waals surface area (Å²) < 4.78 is 0. The summed E-state index contributed by atoms with van der Waals surface area (Å²) in [6, 6.07) is 20.0. The van der Waals surface area contributed by atoms with Gasteiger partial charge in [0.05, 0.1) is 0 Å². The first kappa shape index (κ1) is 15.5. The molecule has 0 nitrogen and oxygen atoms in total. The normalized spacial score (nSPS) is 10.4. The topological polar surface area (TPSA) is 0 Å². The Labute approximate surface area is 109 Å². The van der Waals surface area contributed by atoms with Crippen molar-refractivity contribution in [2.75, 3.05) is 0 Å². The molecule has 0 aromatic heterocycles. The van der Waals surface area contributed by atoms with Gasteiger partial charge >= 0.3 is 49.6 Å². The summed E-state index contributed by atoms with van der Waals surface area (Å²) in [5.74, 6) is 0. The molecule has 2 aromatic carbocycles. The first-order valence-corrected chi connectivity index (χ1v) is 18.5. The summed E-state index contributed by atoms with van der Waals surface area (Å²) in [4.78, 5) is 0. The van der Waals surface area contributed by atoms with Crippen molar-refractivity contribution in [1.82, 2.24) is 0 Å². The molecular weight excluding hydrogens is 446 g/mol. The predicted octanol–water partition coefficient (Wildman–Crippen LogP) is 5.57. The molecule has 0 bridgehead atoms. The molecule has 0 amide bonds. The van der Waals surface area contributed by atoms with Crippen LogP contribution in [0, 0.1) is 0 Å². The van der Waals surface area contributed by atoms with E-state index in [1.807, 2.05) is 60.7 Å². The van der Waals surface area contributed by atoms with E-state index in [0.29, 0.717) is 0 Å². The van der Waals surface area contributed by atoms with Crippen LogP contribution in [0.2, 0.25) is 0 Å². The van der Waals surface area contributed by atoms with E-state index in [4.69, 9.17) is 37.7 Å². The number of hydrogen-bond acceptors (Lipinski definition) is 0. The van der Waals surface area contributed by atoms with Crippen molar-refractivity contribution in [3.05, 3.63) is 60.7 Å². The third-order valence-electron chi connectivity index (χ3n) is 1.11. The zero-order chi connectivity index (χ0) is 11.6. The molecule has 0 unspecified atom stereocenters. The molecule has 0 aliphatic carbocycles. The van der Waals surface area contributed by atoms with Gasteiger partial charge in [0.1, 0.15) is 0 Å². The monoisotopic (exact) mass is 454 g/mol. The van der Waals surface area contributed by atoms with Gasteiger partial charge in [-0.1, -0.05) is 0 Å². The Kier molecular flexibility index (Phi) is 10.1. The summed E-state index contributed by atoms with van der Waals surface area (Å²) >= 11 is -3.28. The van der Waals surface area contributed by atoms with E-state index in [1.54, 1.807) is 0 Å². The average Bonchev–Trinajstić information content (AvgIpc) is 2.81. The predicted molar refractivity (Wildman–Crippen MR) is 67.5 cm³/mol. The van der Waals surface area contributed by atoms with Crippen LogP contribution in [-0.2, 0) is 11.9 Å². The first-order chi connectivity index (χ1) is 7.00. The van der Waals surface area contributed by atoms with E-state index in [0.717, 1.165) is 0 Å². The fourth-order valence-corrected chi connectivity index (χ4v) is 0.642. The van der Waals surface area contributed by atoms with Gasteiger partial charge in [0, 0.05) is 0 Å². The minimum Gasteiger partial charge on any atom is -0.214 e. The second-order valence-corrected chi connectivity index (χ2v) is 27.7. The van der Waals surface area contributed by atoms with Gasteiger partial charge in [-0.15, -0.1) is 0 Å². The molecule has 0 saturated heterocycles. The molecule has 0 aliphatic heterocycles. The zero-order valence-electron chi connectivity index (χ0n) is 7.69. The molecule has 15 heavy (non-hydrogen) atoms. The zero-order valence-corrected chi connectivity index (χ0v) is 13.7. The Morgan fingerprint density at radius 3 is 0.867 bits per heavy atom.